The molecule has 2 fully saturated rings. The van der Waals surface area contributed by atoms with Crippen molar-refractivity contribution in [3.05, 3.63) is 51.3 Å². The first-order valence-corrected chi connectivity index (χ1v) is 15.6. The Labute approximate surface area is 252 Å². The van der Waals surface area contributed by atoms with Crippen molar-refractivity contribution in [2.45, 2.75) is 82.2 Å². The number of rotatable bonds is 14. The molecule has 3 heterocycles. The van der Waals surface area contributed by atoms with Crippen LogP contribution in [0.4, 0.5) is 5.69 Å². The zero-order valence-electron chi connectivity index (χ0n) is 24.5. The molecule has 16 nitrogen and oxygen atoms in total. The van der Waals surface area contributed by atoms with Crippen molar-refractivity contribution in [3.8, 4) is 0 Å². The highest BCUT2D eigenvalue weighted by Gasteiger charge is 2.70. The first-order chi connectivity index (χ1) is 20.9. The highest BCUT2D eigenvalue weighted by atomic mass is 32.2. The van der Waals surface area contributed by atoms with Gasteiger partial charge in [-0.2, -0.15) is 0 Å². The fourth-order valence-electron chi connectivity index (χ4n) is 5.03. The minimum Gasteiger partial charge on any atom is -0.461 e. The van der Waals surface area contributed by atoms with E-state index in [0.717, 1.165) is 16.0 Å². The summed E-state index contributed by atoms with van der Waals surface area (Å²) in [6.07, 6.45) is 2.18. The topological polar surface area (TPSA) is 207 Å². The molecule has 4 rings (SSSR count). The Hall–Kier alpha value is -4.41. The maximum atomic E-state index is 13.8. The van der Waals surface area contributed by atoms with Crippen molar-refractivity contribution in [1.29, 1.82) is 0 Å². The number of hydrogen-bond donors (Lipinski definition) is 0. The zero-order chi connectivity index (χ0) is 32.2. The molecule has 3 atom stereocenters. The minimum atomic E-state index is -4.27. The third-order valence-electron chi connectivity index (χ3n) is 7.61. The second kappa shape index (κ2) is 13.1. The van der Waals surface area contributed by atoms with Crippen LogP contribution in [0.3, 0.4) is 0 Å². The van der Waals surface area contributed by atoms with Crippen molar-refractivity contribution in [3.63, 3.8) is 0 Å². The molecule has 1 aromatic carbocycles. The Morgan fingerprint density at radius 1 is 1.05 bits per heavy atom. The van der Waals surface area contributed by atoms with Crippen LogP contribution in [-0.4, -0.2) is 86.4 Å². The summed E-state index contributed by atoms with van der Waals surface area (Å²) in [7, 11) is -4.27. The molecule has 0 aliphatic carbocycles. The number of carbonyl (C=O) groups excluding carboxylic acids is 4. The van der Waals surface area contributed by atoms with Crippen LogP contribution < -0.4 is 0 Å². The lowest BCUT2D eigenvalue weighted by Crippen LogP contribution is -2.58. The fourth-order valence-corrected chi connectivity index (χ4v) is 7.38. The van der Waals surface area contributed by atoms with Gasteiger partial charge in [0.05, 0.1) is 31.1 Å². The lowest BCUT2D eigenvalue weighted by molar-refractivity contribution is -0.384. The van der Waals surface area contributed by atoms with E-state index in [0.29, 0.717) is 24.8 Å². The summed E-state index contributed by atoms with van der Waals surface area (Å²) in [5.74, 6) is -3.57. The second-order valence-electron chi connectivity index (χ2n) is 10.7. The van der Waals surface area contributed by atoms with E-state index in [1.165, 1.54) is 31.2 Å². The summed E-state index contributed by atoms with van der Waals surface area (Å²) in [6.45, 7) is 4.07. The van der Waals surface area contributed by atoms with Gasteiger partial charge >= 0.3 is 17.9 Å². The third kappa shape index (κ3) is 6.00. The number of ether oxygens (including phenoxy) is 3. The van der Waals surface area contributed by atoms with Gasteiger partial charge < -0.3 is 19.1 Å². The van der Waals surface area contributed by atoms with E-state index in [2.05, 4.69) is 10.3 Å². The number of sulfone groups is 1. The normalized spacial score (nSPS) is 21.7. The third-order valence-corrected chi connectivity index (χ3v) is 10.4. The van der Waals surface area contributed by atoms with Crippen molar-refractivity contribution in [2.75, 3.05) is 13.2 Å². The van der Waals surface area contributed by atoms with Gasteiger partial charge in [-0.1, -0.05) is 31.9 Å². The van der Waals surface area contributed by atoms with E-state index >= 15 is 0 Å². The van der Waals surface area contributed by atoms with Gasteiger partial charge in [0.15, 0.2) is 21.6 Å². The summed E-state index contributed by atoms with van der Waals surface area (Å²) in [5, 5.41) is 17.3. The summed E-state index contributed by atoms with van der Waals surface area (Å²) in [5.41, 5.74) is -0.706. The number of β-lactam (4-membered cyclic amide) rings is 1. The monoisotopic (exact) mass is 635 g/mol. The molecular weight excluding hydrogens is 602 g/mol. The molecule has 0 spiro atoms. The van der Waals surface area contributed by atoms with Gasteiger partial charge in [0, 0.05) is 12.1 Å². The van der Waals surface area contributed by atoms with Crippen LogP contribution in [0, 0.1) is 10.1 Å². The van der Waals surface area contributed by atoms with Gasteiger partial charge in [-0.3, -0.25) is 14.9 Å². The number of nitrogens with zero attached hydrogens (tertiary/aromatic N) is 5. The number of esters is 3. The largest absolute Gasteiger partial charge is 0.461 e. The van der Waals surface area contributed by atoms with Crippen molar-refractivity contribution >= 4 is 39.3 Å². The number of hydrogen-bond acceptors (Lipinski definition) is 13. The molecule has 0 bridgehead atoms. The molecule has 1 aromatic heterocycles. The van der Waals surface area contributed by atoms with E-state index in [-0.39, 0.29) is 31.9 Å². The van der Waals surface area contributed by atoms with E-state index in [4.69, 9.17) is 14.2 Å². The number of fused-ring (bicyclic) bond motifs is 1. The van der Waals surface area contributed by atoms with Gasteiger partial charge in [0.2, 0.25) is 11.6 Å². The predicted molar refractivity (Wildman–Crippen MR) is 150 cm³/mol. The van der Waals surface area contributed by atoms with E-state index in [1.807, 2.05) is 13.8 Å². The number of benzene rings is 1. The summed E-state index contributed by atoms with van der Waals surface area (Å²) >= 11 is 0. The molecular formula is C27H33N5O11S. The van der Waals surface area contributed by atoms with Crippen LogP contribution in [0.5, 0.6) is 0 Å². The van der Waals surface area contributed by atoms with Crippen molar-refractivity contribution < 1.29 is 46.7 Å². The first-order valence-electron chi connectivity index (χ1n) is 14.1. The Morgan fingerprint density at radius 3 is 2.23 bits per heavy atom. The van der Waals surface area contributed by atoms with E-state index in [9.17, 15) is 37.7 Å². The van der Waals surface area contributed by atoms with Crippen LogP contribution in [0.2, 0.25) is 0 Å². The lowest BCUT2D eigenvalue weighted by Gasteiger charge is -2.36. The molecule has 0 saturated carbocycles. The van der Waals surface area contributed by atoms with Gasteiger partial charge in [-0.15, -0.1) is 5.10 Å². The molecule has 0 radical (unpaired) electrons. The highest BCUT2D eigenvalue weighted by Crippen LogP contribution is 2.47. The number of amides is 1. The minimum absolute atomic E-state index is 0.0162. The van der Waals surface area contributed by atoms with Crippen LogP contribution in [-0.2, 0) is 46.8 Å². The Kier molecular flexibility index (Phi) is 9.66. The second-order valence-corrected chi connectivity index (χ2v) is 13.2. The number of carbonyl (C=O) groups is 4. The zero-order valence-corrected chi connectivity index (χ0v) is 25.3. The quantitative estimate of drug-likeness (QED) is 0.0727. The van der Waals surface area contributed by atoms with Crippen molar-refractivity contribution in [2.24, 2.45) is 0 Å². The molecule has 1 amide bonds. The number of nitro benzene ring substituents is 1. The molecule has 2 aromatic rings. The molecule has 17 heteroatoms. The summed E-state index contributed by atoms with van der Waals surface area (Å²) in [6, 6.07) is 3.56. The first kappa shape index (κ1) is 32.5. The fraction of sp³-hybridized carbons (Fsp3) is 0.556. The number of nitro groups is 1. The number of unbranched alkanes of at least 4 members (excludes halogenated alkanes) is 2. The standard InChI is InChI=1S/C27H33N5O11S/c1-4-6-12-41-24(34)21-22(25(35)42-13-7-5-2)30(29-28-21)16-27(3)23(31-19(33)14-20(31)44(27,39)40)26(36)43-15-17-8-10-18(11-9-17)32(37)38/h8-11,20,23H,4-7,12-16H2,1-3H3/t20-,23-,27-/m0/s1. The van der Waals surface area contributed by atoms with E-state index in [1.54, 1.807) is 0 Å². The van der Waals surface area contributed by atoms with Gasteiger partial charge in [-0.25, -0.2) is 27.5 Å². The molecule has 0 unspecified atom stereocenters. The average molecular weight is 636 g/mol. The van der Waals surface area contributed by atoms with Gasteiger partial charge in [0.1, 0.15) is 16.7 Å². The van der Waals surface area contributed by atoms with Gasteiger partial charge in [0.25, 0.3) is 5.69 Å². The van der Waals surface area contributed by atoms with Crippen LogP contribution >= 0.6 is 0 Å². The number of aromatic nitrogens is 3. The summed E-state index contributed by atoms with van der Waals surface area (Å²) < 4.78 is 42.3. The molecule has 2 aliphatic heterocycles. The van der Waals surface area contributed by atoms with Crippen molar-refractivity contribution in [1.82, 2.24) is 19.9 Å². The average Bonchev–Trinajstić information content (AvgIpc) is 3.45. The van der Waals surface area contributed by atoms with Crippen LogP contribution in [0.25, 0.3) is 0 Å². The van der Waals surface area contributed by atoms with Crippen LogP contribution in [0.15, 0.2) is 24.3 Å². The molecule has 2 aliphatic rings. The van der Waals surface area contributed by atoms with Gasteiger partial charge in [-0.05, 0) is 37.5 Å². The Bertz CT molecular complexity index is 1560. The van der Waals surface area contributed by atoms with E-state index < -0.39 is 72.7 Å². The predicted octanol–water partition coefficient (Wildman–Crippen LogP) is 1.96. The SMILES string of the molecule is CCCCOC(=O)c1nnn(C[C@@]2(C)[C@H](C(=O)OCc3ccc([N+](=O)[O-])cc3)N3C(=O)C[C@@H]3S2(=O)=O)c1C(=O)OCCCC. The smallest absolute Gasteiger partial charge is 0.361 e. The Morgan fingerprint density at radius 2 is 1.66 bits per heavy atom. The molecule has 44 heavy (non-hydrogen) atoms. The van der Waals surface area contributed by atoms with Crippen LogP contribution in [0.1, 0.15) is 79.4 Å². The maximum Gasteiger partial charge on any atom is 0.361 e. The maximum absolute atomic E-state index is 13.8. The summed E-state index contributed by atoms with van der Waals surface area (Å²) in [4.78, 5) is 63.3. The lowest BCUT2D eigenvalue weighted by atomic mass is 9.96. The molecule has 238 valence electrons. The highest BCUT2D eigenvalue weighted by molar-refractivity contribution is 7.93. The Balaban J connectivity index is 1.66. The molecule has 0 N–H and O–H groups in total. The molecule has 2 saturated heterocycles. The number of non-ortho nitro benzene ring substituents is 1.